The highest BCUT2D eigenvalue weighted by Gasteiger charge is 2.08. The lowest BCUT2D eigenvalue weighted by Crippen LogP contribution is -2.38. The minimum absolute atomic E-state index is 0.0306. The van der Waals surface area contributed by atoms with Gasteiger partial charge in [0.05, 0.1) is 6.54 Å². The molecule has 0 saturated carbocycles. The van der Waals surface area contributed by atoms with Gasteiger partial charge in [0, 0.05) is 18.2 Å². The first-order chi connectivity index (χ1) is 8.88. The first-order valence-electron chi connectivity index (χ1n) is 6.25. The van der Waals surface area contributed by atoms with Gasteiger partial charge in [-0.3, -0.25) is 9.69 Å². The van der Waals surface area contributed by atoms with Crippen LogP contribution in [-0.4, -0.2) is 35.4 Å². The summed E-state index contributed by atoms with van der Waals surface area (Å²) in [5.74, 6) is 0.0306. The second-order valence-corrected chi connectivity index (χ2v) is 5.40. The first kappa shape index (κ1) is 15.6. The highest BCUT2D eigenvalue weighted by atomic mass is 32.1. The zero-order valence-corrected chi connectivity index (χ0v) is 12.5. The molecule has 1 aromatic rings. The maximum atomic E-state index is 11.6. The van der Waals surface area contributed by atoms with Crippen LogP contribution in [0.4, 0.5) is 0 Å². The van der Waals surface area contributed by atoms with E-state index >= 15 is 0 Å². The second kappa shape index (κ2) is 7.21. The Hall–Kier alpha value is -1.46. The molecular weight excluding hydrogens is 258 g/mol. The summed E-state index contributed by atoms with van der Waals surface area (Å²) in [5.41, 5.74) is 7.55. The van der Waals surface area contributed by atoms with Crippen LogP contribution in [0, 0.1) is 0 Å². The molecule has 4 nitrogen and oxygen atoms in total. The molecule has 19 heavy (non-hydrogen) atoms. The monoisotopic (exact) mass is 279 g/mol. The molecule has 0 spiro atoms. The van der Waals surface area contributed by atoms with Crippen LogP contribution in [0.2, 0.25) is 0 Å². The van der Waals surface area contributed by atoms with Crippen LogP contribution in [0.1, 0.15) is 25.0 Å². The van der Waals surface area contributed by atoms with Crippen molar-refractivity contribution in [2.24, 2.45) is 5.73 Å². The third-order valence-electron chi connectivity index (χ3n) is 2.53. The molecule has 0 radical (unpaired) electrons. The number of nitrogens with two attached hydrogens (primary N) is 1. The lowest BCUT2D eigenvalue weighted by atomic mass is 10.1. The van der Waals surface area contributed by atoms with Gasteiger partial charge in [-0.2, -0.15) is 0 Å². The summed E-state index contributed by atoms with van der Waals surface area (Å²) in [4.78, 5) is 14.0. The summed E-state index contributed by atoms with van der Waals surface area (Å²) < 4.78 is 0. The number of rotatable bonds is 6. The number of benzene rings is 1. The number of likely N-dealkylation sites (N-methyl/N-ethyl adjacent to an activating group) is 1. The smallest absolute Gasteiger partial charge is 0.234 e. The van der Waals surface area contributed by atoms with Gasteiger partial charge in [0.25, 0.3) is 0 Å². The highest BCUT2D eigenvalue weighted by Crippen LogP contribution is 2.07. The maximum absolute atomic E-state index is 11.6. The number of thiocarbonyl (C=S) groups is 1. The van der Waals surface area contributed by atoms with Crippen LogP contribution in [0.5, 0.6) is 0 Å². The molecule has 0 atom stereocenters. The van der Waals surface area contributed by atoms with Gasteiger partial charge >= 0.3 is 0 Å². The number of amides is 1. The van der Waals surface area contributed by atoms with E-state index in [1.54, 1.807) is 0 Å². The third kappa shape index (κ3) is 5.81. The van der Waals surface area contributed by atoms with Crippen molar-refractivity contribution in [3.8, 4) is 0 Å². The Morgan fingerprint density at radius 1 is 1.47 bits per heavy atom. The van der Waals surface area contributed by atoms with Crippen LogP contribution in [0.3, 0.4) is 0 Å². The van der Waals surface area contributed by atoms with E-state index < -0.39 is 0 Å². The predicted octanol–water partition coefficient (Wildman–Crippen LogP) is 1.28. The summed E-state index contributed by atoms with van der Waals surface area (Å²) in [7, 11) is 1.91. The highest BCUT2D eigenvalue weighted by molar-refractivity contribution is 7.80. The Morgan fingerprint density at radius 2 is 2.16 bits per heavy atom. The van der Waals surface area contributed by atoms with E-state index in [2.05, 4.69) is 5.32 Å². The number of nitrogens with zero attached hydrogens (tertiary/aromatic N) is 1. The topological polar surface area (TPSA) is 58.4 Å². The van der Waals surface area contributed by atoms with E-state index in [1.165, 1.54) is 0 Å². The molecule has 0 fully saturated rings. The SMILES string of the molecule is CC(C)NC(=O)CN(C)Cc1cccc(C(N)=S)c1. The van der Waals surface area contributed by atoms with Gasteiger partial charge < -0.3 is 11.1 Å². The zero-order chi connectivity index (χ0) is 14.4. The molecule has 1 aromatic carbocycles. The van der Waals surface area contributed by atoms with Crippen LogP contribution < -0.4 is 11.1 Å². The standard InChI is InChI=1S/C14H21N3OS/c1-10(2)16-13(18)9-17(3)8-11-5-4-6-12(7-11)14(15)19/h4-7,10H,8-9H2,1-3H3,(H2,15,19)(H,16,18). The first-order valence-corrected chi connectivity index (χ1v) is 6.66. The van der Waals surface area contributed by atoms with Gasteiger partial charge in [0.15, 0.2) is 0 Å². The third-order valence-corrected chi connectivity index (χ3v) is 2.76. The van der Waals surface area contributed by atoms with Gasteiger partial charge in [-0.05, 0) is 32.5 Å². The van der Waals surface area contributed by atoms with Crippen molar-refractivity contribution in [3.05, 3.63) is 35.4 Å². The normalized spacial score (nSPS) is 10.8. The van der Waals surface area contributed by atoms with Gasteiger partial charge in [-0.15, -0.1) is 0 Å². The van der Waals surface area contributed by atoms with E-state index in [-0.39, 0.29) is 11.9 Å². The molecule has 0 aliphatic carbocycles. The van der Waals surface area contributed by atoms with Crippen LogP contribution in [0.25, 0.3) is 0 Å². The number of carbonyl (C=O) groups is 1. The predicted molar refractivity (Wildman–Crippen MR) is 81.9 cm³/mol. The summed E-state index contributed by atoms with van der Waals surface area (Å²) in [6.45, 7) is 4.95. The van der Waals surface area contributed by atoms with Crippen LogP contribution in [-0.2, 0) is 11.3 Å². The molecule has 0 aliphatic rings. The lowest BCUT2D eigenvalue weighted by Gasteiger charge is -2.17. The summed E-state index contributed by atoms with van der Waals surface area (Å²) in [6.07, 6.45) is 0. The molecule has 0 unspecified atom stereocenters. The Morgan fingerprint density at radius 3 is 2.74 bits per heavy atom. The van der Waals surface area contributed by atoms with E-state index in [9.17, 15) is 4.79 Å². The molecule has 1 amide bonds. The minimum Gasteiger partial charge on any atom is -0.389 e. The quantitative estimate of drug-likeness (QED) is 0.770. The fourth-order valence-electron chi connectivity index (χ4n) is 1.80. The van der Waals surface area contributed by atoms with Crippen LogP contribution >= 0.6 is 12.2 Å². The molecule has 5 heteroatoms. The Labute approximate surface area is 120 Å². The minimum atomic E-state index is 0.0306. The number of hydrogen-bond acceptors (Lipinski definition) is 3. The fraction of sp³-hybridized carbons (Fsp3) is 0.429. The number of nitrogens with one attached hydrogen (secondary N) is 1. The molecule has 0 bridgehead atoms. The van der Waals surface area contributed by atoms with E-state index in [0.29, 0.717) is 18.1 Å². The Bertz CT molecular complexity index is 460. The molecule has 0 aromatic heterocycles. The molecule has 0 heterocycles. The van der Waals surface area contributed by atoms with Crippen molar-refractivity contribution in [1.29, 1.82) is 0 Å². The van der Waals surface area contributed by atoms with Crippen molar-refractivity contribution in [1.82, 2.24) is 10.2 Å². The van der Waals surface area contributed by atoms with Gasteiger partial charge in [0.2, 0.25) is 5.91 Å². The summed E-state index contributed by atoms with van der Waals surface area (Å²) in [5, 5.41) is 2.87. The van der Waals surface area contributed by atoms with E-state index in [0.717, 1.165) is 11.1 Å². The van der Waals surface area contributed by atoms with Crippen molar-refractivity contribution in [3.63, 3.8) is 0 Å². The van der Waals surface area contributed by atoms with E-state index in [4.69, 9.17) is 18.0 Å². The molecule has 1 rings (SSSR count). The van der Waals surface area contributed by atoms with Crippen molar-refractivity contribution >= 4 is 23.1 Å². The van der Waals surface area contributed by atoms with Crippen LogP contribution in [0.15, 0.2) is 24.3 Å². The fourth-order valence-corrected chi connectivity index (χ4v) is 1.93. The molecular formula is C14H21N3OS. The molecule has 104 valence electrons. The van der Waals surface area contributed by atoms with Gasteiger partial charge in [0.1, 0.15) is 4.99 Å². The summed E-state index contributed by atoms with van der Waals surface area (Å²) in [6, 6.07) is 7.93. The largest absolute Gasteiger partial charge is 0.389 e. The van der Waals surface area contributed by atoms with Gasteiger partial charge in [-0.1, -0.05) is 30.4 Å². The van der Waals surface area contributed by atoms with Crippen molar-refractivity contribution in [2.45, 2.75) is 26.4 Å². The van der Waals surface area contributed by atoms with E-state index in [1.807, 2.05) is 50.1 Å². The second-order valence-electron chi connectivity index (χ2n) is 4.96. The number of hydrogen-bond donors (Lipinski definition) is 2. The zero-order valence-electron chi connectivity index (χ0n) is 11.6. The summed E-state index contributed by atoms with van der Waals surface area (Å²) >= 11 is 4.95. The Kier molecular flexibility index (Phi) is 5.92. The van der Waals surface area contributed by atoms with Crippen molar-refractivity contribution < 1.29 is 4.79 Å². The maximum Gasteiger partial charge on any atom is 0.234 e. The van der Waals surface area contributed by atoms with Gasteiger partial charge in [-0.25, -0.2) is 0 Å². The number of carbonyl (C=O) groups excluding carboxylic acids is 1. The Balaban J connectivity index is 2.57. The molecule has 0 aliphatic heterocycles. The average Bonchev–Trinajstić information content (AvgIpc) is 2.27. The molecule has 3 N–H and O–H groups in total. The van der Waals surface area contributed by atoms with Crippen molar-refractivity contribution in [2.75, 3.05) is 13.6 Å². The molecule has 0 saturated heterocycles. The lowest BCUT2D eigenvalue weighted by molar-refractivity contribution is -0.122. The average molecular weight is 279 g/mol.